The van der Waals surface area contributed by atoms with Crippen LogP contribution >= 0.6 is 12.2 Å². The highest BCUT2D eigenvalue weighted by atomic mass is 32.1. The van der Waals surface area contributed by atoms with Gasteiger partial charge in [0.25, 0.3) is 0 Å². The molecule has 1 fully saturated rings. The van der Waals surface area contributed by atoms with Crippen LogP contribution in [0.15, 0.2) is 46.1 Å². The van der Waals surface area contributed by atoms with Crippen LogP contribution < -0.4 is 0 Å². The molecule has 8 nitrogen and oxygen atoms in total. The van der Waals surface area contributed by atoms with E-state index in [9.17, 15) is 10.0 Å². The number of azo groups is 1. The Balaban J connectivity index is 1.90. The summed E-state index contributed by atoms with van der Waals surface area (Å²) in [7, 11) is 0. The highest BCUT2D eigenvalue weighted by molar-refractivity contribution is 7.80. The first-order valence-corrected chi connectivity index (χ1v) is 8.10. The molecule has 2 rings (SSSR count). The van der Waals surface area contributed by atoms with E-state index in [0.29, 0.717) is 49.3 Å². The van der Waals surface area contributed by atoms with E-state index in [1.807, 2.05) is 4.90 Å². The number of allylic oxidation sites excluding steroid dienone is 4. The van der Waals surface area contributed by atoms with Crippen LogP contribution in [0.4, 0.5) is 4.79 Å². The van der Waals surface area contributed by atoms with Gasteiger partial charge in [0.05, 0.1) is 18.0 Å². The predicted molar refractivity (Wildman–Crippen MR) is 92.2 cm³/mol. The van der Waals surface area contributed by atoms with Crippen molar-refractivity contribution in [2.24, 2.45) is 10.2 Å². The molecule has 0 aromatic heterocycles. The van der Waals surface area contributed by atoms with Crippen molar-refractivity contribution in [1.29, 1.82) is 0 Å². The first-order chi connectivity index (χ1) is 11.5. The first-order valence-electron chi connectivity index (χ1n) is 7.69. The Morgan fingerprint density at radius 2 is 1.92 bits per heavy atom. The summed E-state index contributed by atoms with van der Waals surface area (Å²) < 4.78 is 4.98. The number of piperazine rings is 1. The van der Waals surface area contributed by atoms with Crippen molar-refractivity contribution < 1.29 is 14.7 Å². The van der Waals surface area contributed by atoms with Crippen LogP contribution in [-0.4, -0.2) is 64.1 Å². The van der Waals surface area contributed by atoms with E-state index in [0.717, 1.165) is 5.06 Å². The molecule has 1 saturated heterocycles. The van der Waals surface area contributed by atoms with Gasteiger partial charge >= 0.3 is 6.09 Å². The van der Waals surface area contributed by atoms with Crippen molar-refractivity contribution in [3.05, 3.63) is 35.8 Å². The van der Waals surface area contributed by atoms with Gasteiger partial charge in [0.15, 0.2) is 0 Å². The number of carbonyl (C=O) groups is 1. The zero-order chi connectivity index (χ0) is 17.5. The second-order valence-electron chi connectivity index (χ2n) is 5.17. The van der Waals surface area contributed by atoms with Crippen LogP contribution in [0, 0.1) is 0 Å². The minimum Gasteiger partial charge on any atom is -0.450 e. The topological polar surface area (TPSA) is 81.0 Å². The van der Waals surface area contributed by atoms with Gasteiger partial charge in [-0.2, -0.15) is 5.11 Å². The number of thiocarbonyl (C=S) groups is 1. The second-order valence-corrected chi connectivity index (χ2v) is 5.54. The lowest BCUT2D eigenvalue weighted by molar-refractivity contribution is -0.00149. The fourth-order valence-corrected chi connectivity index (χ4v) is 2.47. The standard InChI is InChI=1S/C15H21N5O3S/c1-3-23-15(21)19-10-8-18(9-11-19)14(24)17-16-12(2)13-6-4-5-7-20(13)22/h4-7,22H,3,8-11H2,1-2H3. The summed E-state index contributed by atoms with van der Waals surface area (Å²) in [6.45, 7) is 6.13. The average Bonchev–Trinajstić information content (AvgIpc) is 2.60. The molecule has 0 radical (unpaired) electrons. The lowest BCUT2D eigenvalue weighted by Crippen LogP contribution is -2.50. The van der Waals surface area contributed by atoms with Gasteiger partial charge in [-0.1, -0.05) is 6.08 Å². The first kappa shape index (κ1) is 18.1. The third-order valence-electron chi connectivity index (χ3n) is 3.57. The highest BCUT2D eigenvalue weighted by Gasteiger charge is 2.23. The maximum absolute atomic E-state index is 11.7. The molecular weight excluding hydrogens is 330 g/mol. The quantitative estimate of drug-likeness (QED) is 0.608. The maximum atomic E-state index is 11.7. The smallest absolute Gasteiger partial charge is 0.409 e. The van der Waals surface area contributed by atoms with E-state index >= 15 is 0 Å². The molecule has 0 bridgehead atoms. The fourth-order valence-electron chi connectivity index (χ4n) is 2.25. The minimum atomic E-state index is -0.301. The monoisotopic (exact) mass is 351 g/mol. The molecule has 0 atom stereocenters. The minimum absolute atomic E-state index is 0.301. The summed E-state index contributed by atoms with van der Waals surface area (Å²) in [6.07, 6.45) is 6.46. The van der Waals surface area contributed by atoms with Gasteiger partial charge in [-0.15, -0.1) is 5.11 Å². The van der Waals surface area contributed by atoms with E-state index < -0.39 is 0 Å². The molecule has 9 heteroatoms. The molecule has 0 aromatic carbocycles. The average molecular weight is 351 g/mol. The number of carbonyl (C=O) groups excluding carboxylic acids is 1. The Labute approximate surface area is 146 Å². The Morgan fingerprint density at radius 3 is 2.54 bits per heavy atom. The fraction of sp³-hybridized carbons (Fsp3) is 0.467. The Morgan fingerprint density at radius 1 is 1.25 bits per heavy atom. The summed E-state index contributed by atoms with van der Waals surface area (Å²) in [5.41, 5.74) is 1.08. The number of rotatable bonds is 2. The van der Waals surface area contributed by atoms with Crippen molar-refractivity contribution in [3.8, 4) is 0 Å². The van der Waals surface area contributed by atoms with E-state index in [4.69, 9.17) is 17.0 Å². The number of hydrogen-bond donors (Lipinski definition) is 1. The van der Waals surface area contributed by atoms with Gasteiger partial charge in [0, 0.05) is 32.4 Å². The van der Waals surface area contributed by atoms with Crippen LogP contribution in [0.1, 0.15) is 13.8 Å². The van der Waals surface area contributed by atoms with Gasteiger partial charge in [-0.25, -0.2) is 9.86 Å². The third kappa shape index (κ3) is 4.62. The second kappa shape index (κ2) is 8.55. The predicted octanol–water partition coefficient (Wildman–Crippen LogP) is 2.50. The largest absolute Gasteiger partial charge is 0.450 e. The Bertz CT molecular complexity index is 606. The molecular formula is C15H21N5O3S. The lowest BCUT2D eigenvalue weighted by atomic mass is 10.2. The molecule has 2 heterocycles. The third-order valence-corrected chi connectivity index (χ3v) is 3.91. The summed E-state index contributed by atoms with van der Waals surface area (Å²) in [4.78, 5) is 15.2. The van der Waals surface area contributed by atoms with Crippen molar-refractivity contribution in [1.82, 2.24) is 14.9 Å². The molecule has 0 aliphatic carbocycles. The van der Waals surface area contributed by atoms with Gasteiger partial charge in [0.1, 0.15) is 0 Å². The number of ether oxygens (including phenoxy) is 1. The molecule has 0 spiro atoms. The Kier molecular flexibility index (Phi) is 6.44. The van der Waals surface area contributed by atoms with Crippen molar-refractivity contribution in [2.75, 3.05) is 32.8 Å². The number of amides is 1. The van der Waals surface area contributed by atoms with Gasteiger partial charge in [0.2, 0.25) is 5.11 Å². The molecule has 0 aromatic rings. The normalized spacial score (nSPS) is 19.9. The molecule has 1 amide bonds. The van der Waals surface area contributed by atoms with Crippen molar-refractivity contribution in [2.45, 2.75) is 13.8 Å². The number of hydrogen-bond acceptors (Lipinski definition) is 6. The molecule has 130 valence electrons. The highest BCUT2D eigenvalue weighted by Crippen LogP contribution is 2.16. The van der Waals surface area contributed by atoms with Crippen LogP contribution in [0.2, 0.25) is 0 Å². The van der Waals surface area contributed by atoms with Gasteiger partial charge in [-0.3, -0.25) is 5.21 Å². The van der Waals surface area contributed by atoms with Crippen molar-refractivity contribution in [3.63, 3.8) is 0 Å². The molecule has 1 N–H and O–H groups in total. The van der Waals surface area contributed by atoms with Crippen LogP contribution in [-0.2, 0) is 4.74 Å². The van der Waals surface area contributed by atoms with Crippen molar-refractivity contribution >= 4 is 23.4 Å². The molecule has 24 heavy (non-hydrogen) atoms. The van der Waals surface area contributed by atoms with E-state index in [1.54, 1.807) is 37.0 Å². The molecule has 2 aliphatic rings. The lowest BCUT2D eigenvalue weighted by Gasteiger charge is -2.33. The zero-order valence-electron chi connectivity index (χ0n) is 13.8. The SMILES string of the molecule is CCOC(=O)N1CCN(C(=S)N=NC(C)=C2C=CC=CN2O)CC1. The maximum Gasteiger partial charge on any atom is 0.409 e. The number of hydroxylamine groups is 2. The summed E-state index contributed by atoms with van der Waals surface area (Å²) in [5, 5.41) is 19.2. The van der Waals surface area contributed by atoms with Gasteiger partial charge in [-0.05, 0) is 38.2 Å². The molecule has 0 saturated carbocycles. The molecule has 2 aliphatic heterocycles. The van der Waals surface area contributed by atoms with Crippen LogP contribution in [0.25, 0.3) is 0 Å². The summed E-state index contributed by atoms with van der Waals surface area (Å²) >= 11 is 5.28. The van der Waals surface area contributed by atoms with Crippen LogP contribution in [0.3, 0.4) is 0 Å². The molecule has 0 unspecified atom stereocenters. The van der Waals surface area contributed by atoms with Gasteiger partial charge < -0.3 is 14.5 Å². The van der Waals surface area contributed by atoms with Crippen LogP contribution in [0.5, 0.6) is 0 Å². The summed E-state index contributed by atoms with van der Waals surface area (Å²) in [6, 6.07) is 0. The van der Waals surface area contributed by atoms with E-state index in [-0.39, 0.29) is 6.09 Å². The van der Waals surface area contributed by atoms with E-state index in [1.165, 1.54) is 6.20 Å². The van der Waals surface area contributed by atoms with E-state index in [2.05, 4.69) is 10.2 Å². The number of nitrogens with zero attached hydrogens (tertiary/aromatic N) is 5. The summed E-state index contributed by atoms with van der Waals surface area (Å²) in [5.74, 6) is 0. The Hall–Kier alpha value is -2.26. The zero-order valence-corrected chi connectivity index (χ0v) is 14.6.